The van der Waals surface area contributed by atoms with Gasteiger partial charge in [0.2, 0.25) is 5.91 Å². The maximum absolute atomic E-state index is 12.2. The van der Waals surface area contributed by atoms with E-state index in [2.05, 4.69) is 18.7 Å². The Morgan fingerprint density at radius 3 is 2.15 bits per heavy atom. The fourth-order valence-electron chi connectivity index (χ4n) is 3.92. The summed E-state index contributed by atoms with van der Waals surface area (Å²) in [4.78, 5) is 17.0. The van der Waals surface area contributed by atoms with Crippen molar-refractivity contribution in [2.75, 3.05) is 13.6 Å². The zero-order valence-corrected chi connectivity index (χ0v) is 13.9. The molecule has 20 heavy (non-hydrogen) atoms. The molecule has 0 radical (unpaired) electrons. The fraction of sp³-hybridized carbons (Fsp3) is 0.941. The first-order valence-electron chi connectivity index (χ1n) is 8.42. The maximum atomic E-state index is 12.2. The number of fused-ring (bicyclic) bond motifs is 2. The summed E-state index contributed by atoms with van der Waals surface area (Å²) < 4.78 is 0. The molecule has 1 unspecified atom stereocenters. The van der Waals surface area contributed by atoms with E-state index in [-0.39, 0.29) is 5.92 Å². The molecule has 0 aromatic heterocycles. The summed E-state index contributed by atoms with van der Waals surface area (Å²) >= 11 is 0. The molecule has 0 saturated carbocycles. The Labute approximate surface area is 124 Å². The normalized spacial score (nSPS) is 30.2. The molecule has 2 rings (SSSR count). The zero-order chi connectivity index (χ0) is 14.9. The van der Waals surface area contributed by atoms with Crippen LogP contribution in [0.1, 0.15) is 59.8 Å². The lowest BCUT2D eigenvalue weighted by Gasteiger charge is -2.42. The van der Waals surface area contributed by atoms with Gasteiger partial charge in [-0.2, -0.15) is 0 Å². The van der Waals surface area contributed by atoms with Gasteiger partial charge in [0.1, 0.15) is 0 Å². The summed E-state index contributed by atoms with van der Waals surface area (Å²) in [7, 11) is 2.01. The molecule has 0 aliphatic carbocycles. The molecule has 3 heteroatoms. The topological polar surface area (TPSA) is 23.6 Å². The van der Waals surface area contributed by atoms with E-state index < -0.39 is 0 Å². The summed E-state index contributed by atoms with van der Waals surface area (Å²) in [5.41, 5.74) is 0. The lowest BCUT2D eigenvalue weighted by molar-refractivity contribution is -0.136. The monoisotopic (exact) mass is 280 g/mol. The number of nitrogens with zero attached hydrogens (tertiary/aromatic N) is 2. The smallest absolute Gasteiger partial charge is 0.225 e. The van der Waals surface area contributed by atoms with Crippen molar-refractivity contribution in [2.45, 2.75) is 77.9 Å². The second kappa shape index (κ2) is 6.46. The van der Waals surface area contributed by atoms with E-state index in [4.69, 9.17) is 0 Å². The molecular formula is C17H32N2O. The molecule has 1 amide bonds. The van der Waals surface area contributed by atoms with E-state index >= 15 is 0 Å². The van der Waals surface area contributed by atoms with Gasteiger partial charge in [0, 0.05) is 31.1 Å². The Kier molecular flexibility index (Phi) is 5.11. The van der Waals surface area contributed by atoms with E-state index in [1.54, 1.807) is 0 Å². The van der Waals surface area contributed by atoms with Gasteiger partial charge < -0.3 is 4.90 Å². The zero-order valence-electron chi connectivity index (χ0n) is 13.9. The minimum atomic E-state index is 0.122. The van der Waals surface area contributed by atoms with Crippen molar-refractivity contribution in [3.8, 4) is 0 Å². The average molecular weight is 280 g/mol. The van der Waals surface area contributed by atoms with Gasteiger partial charge in [-0.25, -0.2) is 0 Å². The number of piperidine rings is 1. The van der Waals surface area contributed by atoms with Crippen LogP contribution in [-0.4, -0.2) is 47.4 Å². The summed E-state index contributed by atoms with van der Waals surface area (Å²) in [6, 6.07) is 1.91. The third-order valence-electron chi connectivity index (χ3n) is 5.21. The molecule has 2 saturated heterocycles. The van der Waals surface area contributed by atoms with Crippen molar-refractivity contribution in [3.63, 3.8) is 0 Å². The molecular weight excluding hydrogens is 248 g/mol. The SMILES string of the molecule is CC(C)CCN1[C@@H]2CC[C@H]1CC(N(C)C(=O)C(C)C)C2. The molecule has 2 aliphatic rings. The Morgan fingerprint density at radius 2 is 1.70 bits per heavy atom. The first kappa shape index (κ1) is 15.8. The Morgan fingerprint density at radius 1 is 1.15 bits per heavy atom. The Bertz CT molecular complexity index is 326. The molecule has 0 spiro atoms. The standard InChI is InChI=1S/C17H32N2O/c1-12(2)8-9-19-14-6-7-15(19)11-16(10-14)18(5)17(20)13(3)4/h12-16H,6-11H2,1-5H3/t14-,15+,16?. The van der Waals surface area contributed by atoms with Crippen LogP contribution in [0.25, 0.3) is 0 Å². The van der Waals surface area contributed by atoms with E-state index in [1.807, 2.05) is 25.8 Å². The third-order valence-corrected chi connectivity index (χ3v) is 5.21. The highest BCUT2D eigenvalue weighted by Crippen LogP contribution is 2.37. The highest BCUT2D eigenvalue weighted by atomic mass is 16.2. The van der Waals surface area contributed by atoms with Crippen LogP contribution in [-0.2, 0) is 4.79 Å². The minimum absolute atomic E-state index is 0.122. The summed E-state index contributed by atoms with van der Waals surface area (Å²) in [6.45, 7) is 9.88. The molecule has 0 aromatic carbocycles. The predicted octanol–water partition coefficient (Wildman–Crippen LogP) is 3.14. The maximum Gasteiger partial charge on any atom is 0.225 e. The van der Waals surface area contributed by atoms with Gasteiger partial charge in [0.15, 0.2) is 0 Å². The summed E-state index contributed by atoms with van der Waals surface area (Å²) in [6.07, 6.45) is 6.34. The van der Waals surface area contributed by atoms with Gasteiger partial charge in [-0.05, 0) is 44.6 Å². The van der Waals surface area contributed by atoms with Crippen LogP contribution in [0.5, 0.6) is 0 Å². The first-order valence-corrected chi connectivity index (χ1v) is 8.42. The number of carbonyl (C=O) groups is 1. The van der Waals surface area contributed by atoms with E-state index in [1.165, 1.54) is 38.6 Å². The quantitative estimate of drug-likeness (QED) is 0.772. The van der Waals surface area contributed by atoms with E-state index in [0.717, 1.165) is 18.0 Å². The van der Waals surface area contributed by atoms with Gasteiger partial charge in [0.05, 0.1) is 0 Å². The lowest BCUT2D eigenvalue weighted by Crippen LogP contribution is -2.51. The van der Waals surface area contributed by atoms with Crippen molar-refractivity contribution in [1.82, 2.24) is 9.80 Å². The summed E-state index contributed by atoms with van der Waals surface area (Å²) in [5.74, 6) is 1.22. The van der Waals surface area contributed by atoms with Crippen molar-refractivity contribution in [1.29, 1.82) is 0 Å². The highest BCUT2D eigenvalue weighted by molar-refractivity contribution is 5.78. The molecule has 0 aromatic rings. The molecule has 2 heterocycles. The Hall–Kier alpha value is -0.570. The Balaban J connectivity index is 1.93. The molecule has 116 valence electrons. The van der Waals surface area contributed by atoms with E-state index in [0.29, 0.717) is 11.9 Å². The summed E-state index contributed by atoms with van der Waals surface area (Å²) in [5, 5.41) is 0. The molecule has 3 nitrogen and oxygen atoms in total. The van der Waals surface area contributed by atoms with Gasteiger partial charge >= 0.3 is 0 Å². The number of rotatable bonds is 5. The number of hydrogen-bond acceptors (Lipinski definition) is 2. The van der Waals surface area contributed by atoms with Gasteiger partial charge in [0.25, 0.3) is 0 Å². The van der Waals surface area contributed by atoms with Crippen LogP contribution in [0.4, 0.5) is 0 Å². The molecule has 3 atom stereocenters. The lowest BCUT2D eigenvalue weighted by atomic mass is 9.94. The molecule has 2 fully saturated rings. The van der Waals surface area contributed by atoms with Crippen LogP contribution >= 0.6 is 0 Å². The van der Waals surface area contributed by atoms with Gasteiger partial charge in [-0.3, -0.25) is 9.69 Å². The fourth-order valence-corrected chi connectivity index (χ4v) is 3.92. The van der Waals surface area contributed by atoms with Gasteiger partial charge in [-0.15, -0.1) is 0 Å². The third kappa shape index (κ3) is 3.36. The van der Waals surface area contributed by atoms with E-state index in [9.17, 15) is 4.79 Å². The number of amides is 1. The molecule has 0 N–H and O–H groups in total. The number of hydrogen-bond donors (Lipinski definition) is 0. The second-order valence-corrected chi connectivity index (χ2v) is 7.53. The highest BCUT2D eigenvalue weighted by Gasteiger charge is 2.42. The van der Waals surface area contributed by atoms with Crippen molar-refractivity contribution >= 4 is 5.91 Å². The first-order chi connectivity index (χ1) is 9.40. The van der Waals surface area contributed by atoms with Crippen LogP contribution in [0.15, 0.2) is 0 Å². The number of carbonyl (C=O) groups excluding carboxylic acids is 1. The van der Waals surface area contributed by atoms with Crippen LogP contribution in [0.3, 0.4) is 0 Å². The van der Waals surface area contributed by atoms with Gasteiger partial charge in [-0.1, -0.05) is 27.7 Å². The van der Waals surface area contributed by atoms with Crippen LogP contribution < -0.4 is 0 Å². The van der Waals surface area contributed by atoms with Crippen molar-refractivity contribution in [2.24, 2.45) is 11.8 Å². The molecule has 2 bridgehead atoms. The van der Waals surface area contributed by atoms with Crippen LogP contribution in [0.2, 0.25) is 0 Å². The van der Waals surface area contributed by atoms with Crippen molar-refractivity contribution < 1.29 is 4.79 Å². The van der Waals surface area contributed by atoms with Crippen LogP contribution in [0, 0.1) is 11.8 Å². The predicted molar refractivity (Wildman–Crippen MR) is 83.6 cm³/mol. The second-order valence-electron chi connectivity index (χ2n) is 7.53. The van der Waals surface area contributed by atoms with Crippen molar-refractivity contribution in [3.05, 3.63) is 0 Å². The molecule has 2 aliphatic heterocycles. The largest absolute Gasteiger partial charge is 0.342 e. The minimum Gasteiger partial charge on any atom is -0.342 e. The average Bonchev–Trinajstić information content (AvgIpc) is 2.62.